The number of carbonyl (C=O) groups excluding carboxylic acids is 3. The van der Waals surface area contributed by atoms with E-state index in [2.05, 4.69) is 14.9 Å². The van der Waals surface area contributed by atoms with Crippen LogP contribution in [0.3, 0.4) is 0 Å². The average molecular weight is 455 g/mol. The predicted molar refractivity (Wildman–Crippen MR) is 125 cm³/mol. The maximum atomic E-state index is 13.1. The minimum absolute atomic E-state index is 0.0483. The fourth-order valence-corrected chi connectivity index (χ4v) is 4.94. The molecule has 34 heavy (non-hydrogen) atoms. The van der Waals surface area contributed by atoms with E-state index in [1.165, 1.54) is 6.26 Å². The van der Waals surface area contributed by atoms with Gasteiger partial charge >= 0.3 is 6.03 Å². The molecule has 0 atom stereocenters. The van der Waals surface area contributed by atoms with E-state index in [9.17, 15) is 14.4 Å². The Bertz CT molecular complexity index is 1560. The van der Waals surface area contributed by atoms with Gasteiger partial charge in [0, 0.05) is 74.2 Å². The van der Waals surface area contributed by atoms with E-state index in [1.807, 2.05) is 24.4 Å². The standard InChI is InChI=1S/C25H21N5O4/c1-28(2)25(33)30-8-7-29-13-18(16-5-3-4-15(12-30)21(16)29)20-19(23(31)27-24(20)32)17-11-26-10-14-6-9-34-22(14)17/h3-6,9-11,13H,7-8,12H2,1-2H3,(H,27,31,32). The van der Waals surface area contributed by atoms with E-state index < -0.39 is 11.8 Å². The van der Waals surface area contributed by atoms with Crippen LogP contribution in [0.5, 0.6) is 0 Å². The predicted octanol–water partition coefficient (Wildman–Crippen LogP) is 2.85. The van der Waals surface area contributed by atoms with Gasteiger partial charge in [0.05, 0.1) is 22.9 Å². The Kier molecular flexibility index (Phi) is 4.35. The Balaban J connectivity index is 1.57. The molecule has 0 radical (unpaired) electrons. The minimum atomic E-state index is -0.474. The summed E-state index contributed by atoms with van der Waals surface area (Å²) < 4.78 is 7.69. The molecule has 9 nitrogen and oxygen atoms in total. The van der Waals surface area contributed by atoms with Crippen molar-refractivity contribution >= 4 is 50.9 Å². The summed E-state index contributed by atoms with van der Waals surface area (Å²) in [5, 5.41) is 4.06. The second-order valence-electron chi connectivity index (χ2n) is 8.71. The molecule has 2 aliphatic rings. The second kappa shape index (κ2) is 7.31. The molecule has 1 N–H and O–H groups in total. The molecule has 9 heteroatoms. The van der Waals surface area contributed by atoms with Gasteiger partial charge in [-0.1, -0.05) is 18.2 Å². The van der Waals surface area contributed by atoms with E-state index in [0.717, 1.165) is 21.9 Å². The molecule has 0 aliphatic carbocycles. The SMILES string of the molecule is CN(C)C(=O)N1CCn2cc(C3=C(c4cncc5ccoc45)C(=O)NC3=O)c3cccc(c32)C1. The quantitative estimate of drug-likeness (QED) is 0.469. The monoisotopic (exact) mass is 455 g/mol. The van der Waals surface area contributed by atoms with Gasteiger partial charge in [-0.05, 0) is 11.6 Å². The lowest BCUT2D eigenvalue weighted by atomic mass is 9.95. The Hall–Kier alpha value is -4.40. The Morgan fingerprint density at radius 1 is 1.06 bits per heavy atom. The number of rotatable bonds is 2. The lowest BCUT2D eigenvalue weighted by Crippen LogP contribution is -2.39. The van der Waals surface area contributed by atoms with Crippen molar-refractivity contribution in [1.29, 1.82) is 0 Å². The molecule has 0 unspecified atom stereocenters. The zero-order chi connectivity index (χ0) is 23.6. The fraction of sp³-hybridized carbons (Fsp3) is 0.200. The number of benzene rings is 1. The van der Waals surface area contributed by atoms with Crippen LogP contribution in [-0.2, 0) is 22.7 Å². The van der Waals surface area contributed by atoms with Crippen LogP contribution in [0.4, 0.5) is 4.79 Å². The van der Waals surface area contributed by atoms with Crippen LogP contribution in [0.25, 0.3) is 33.0 Å². The van der Waals surface area contributed by atoms with Crippen molar-refractivity contribution in [3.8, 4) is 0 Å². The molecule has 4 amide bonds. The number of para-hydroxylation sites is 1. The first kappa shape index (κ1) is 20.2. The van der Waals surface area contributed by atoms with Crippen LogP contribution in [0.2, 0.25) is 0 Å². The third kappa shape index (κ3) is 2.86. The highest BCUT2D eigenvalue weighted by molar-refractivity contribution is 6.50. The van der Waals surface area contributed by atoms with Gasteiger partial charge in [0.25, 0.3) is 11.8 Å². The summed E-state index contributed by atoms with van der Waals surface area (Å²) in [4.78, 5) is 46.2. The molecular weight excluding hydrogens is 434 g/mol. The van der Waals surface area contributed by atoms with Crippen LogP contribution < -0.4 is 5.32 Å². The smallest absolute Gasteiger partial charge is 0.319 e. The first-order valence-corrected chi connectivity index (χ1v) is 10.9. The van der Waals surface area contributed by atoms with Crippen molar-refractivity contribution in [1.82, 2.24) is 24.7 Å². The number of hydrogen-bond acceptors (Lipinski definition) is 5. The molecular formula is C25H21N5O4. The highest BCUT2D eigenvalue weighted by Crippen LogP contribution is 2.39. The van der Waals surface area contributed by atoms with Gasteiger partial charge in [0.2, 0.25) is 0 Å². The third-order valence-electron chi connectivity index (χ3n) is 6.43. The molecule has 4 aromatic rings. The summed E-state index contributed by atoms with van der Waals surface area (Å²) in [6, 6.07) is 7.57. The number of imide groups is 1. The normalized spacial score (nSPS) is 15.9. The Morgan fingerprint density at radius 3 is 2.65 bits per heavy atom. The van der Waals surface area contributed by atoms with Gasteiger partial charge in [0.15, 0.2) is 0 Å². The zero-order valence-electron chi connectivity index (χ0n) is 18.7. The van der Waals surface area contributed by atoms with Crippen LogP contribution in [0, 0.1) is 0 Å². The summed E-state index contributed by atoms with van der Waals surface area (Å²) in [5.41, 5.74) is 4.16. The maximum Gasteiger partial charge on any atom is 0.319 e. The van der Waals surface area contributed by atoms with Gasteiger partial charge in [-0.3, -0.25) is 19.9 Å². The molecule has 0 bridgehead atoms. The van der Waals surface area contributed by atoms with E-state index in [4.69, 9.17) is 4.42 Å². The fourth-order valence-electron chi connectivity index (χ4n) is 4.94. The highest BCUT2D eigenvalue weighted by atomic mass is 16.3. The molecule has 0 spiro atoms. The van der Waals surface area contributed by atoms with E-state index >= 15 is 0 Å². The molecule has 3 aromatic heterocycles. The molecule has 0 saturated heterocycles. The number of fused-ring (bicyclic) bond motifs is 1. The number of pyridine rings is 1. The molecule has 5 heterocycles. The van der Waals surface area contributed by atoms with Crippen molar-refractivity contribution in [2.24, 2.45) is 0 Å². The van der Waals surface area contributed by atoms with E-state index in [-0.39, 0.29) is 11.6 Å². The van der Waals surface area contributed by atoms with Gasteiger partial charge in [0.1, 0.15) is 5.58 Å². The molecule has 0 saturated carbocycles. The van der Waals surface area contributed by atoms with Gasteiger partial charge in [-0.25, -0.2) is 4.79 Å². The van der Waals surface area contributed by atoms with Crippen LogP contribution in [0.15, 0.2) is 53.5 Å². The molecule has 170 valence electrons. The summed E-state index contributed by atoms with van der Waals surface area (Å²) in [6.07, 6.45) is 6.65. The van der Waals surface area contributed by atoms with E-state index in [0.29, 0.717) is 41.9 Å². The number of nitrogens with zero attached hydrogens (tertiary/aromatic N) is 4. The van der Waals surface area contributed by atoms with Gasteiger partial charge < -0.3 is 18.8 Å². The number of urea groups is 1. The second-order valence-corrected chi connectivity index (χ2v) is 8.71. The molecule has 6 rings (SSSR count). The van der Waals surface area contributed by atoms with Crippen molar-refractivity contribution < 1.29 is 18.8 Å². The Morgan fingerprint density at radius 2 is 1.85 bits per heavy atom. The average Bonchev–Trinajstić information content (AvgIpc) is 3.47. The minimum Gasteiger partial charge on any atom is -0.464 e. The number of nitrogens with one attached hydrogen (secondary N) is 1. The number of hydrogen-bond donors (Lipinski definition) is 1. The molecule has 1 aromatic carbocycles. The highest BCUT2D eigenvalue weighted by Gasteiger charge is 2.36. The topological polar surface area (TPSA) is 101 Å². The summed E-state index contributed by atoms with van der Waals surface area (Å²) >= 11 is 0. The summed E-state index contributed by atoms with van der Waals surface area (Å²) in [5.74, 6) is -0.924. The van der Waals surface area contributed by atoms with E-state index in [1.54, 1.807) is 42.4 Å². The first-order valence-electron chi connectivity index (χ1n) is 10.9. The zero-order valence-corrected chi connectivity index (χ0v) is 18.7. The summed E-state index contributed by atoms with van der Waals surface area (Å²) in [7, 11) is 3.48. The number of furan rings is 1. The van der Waals surface area contributed by atoms with Crippen LogP contribution >= 0.6 is 0 Å². The molecule has 0 fully saturated rings. The molecule has 2 aliphatic heterocycles. The Labute approximate surface area is 194 Å². The van der Waals surface area contributed by atoms with Crippen molar-refractivity contribution in [3.63, 3.8) is 0 Å². The number of carbonyl (C=O) groups is 3. The number of amides is 4. The largest absolute Gasteiger partial charge is 0.464 e. The maximum absolute atomic E-state index is 13.1. The van der Waals surface area contributed by atoms with Crippen molar-refractivity contribution in [3.05, 3.63) is 65.8 Å². The third-order valence-corrected chi connectivity index (χ3v) is 6.43. The van der Waals surface area contributed by atoms with Gasteiger partial charge in [-0.15, -0.1) is 0 Å². The first-order chi connectivity index (χ1) is 16.4. The van der Waals surface area contributed by atoms with Crippen molar-refractivity contribution in [2.45, 2.75) is 13.1 Å². The lowest BCUT2D eigenvalue weighted by Gasteiger charge is -2.24. The van der Waals surface area contributed by atoms with Crippen LogP contribution in [0.1, 0.15) is 16.7 Å². The van der Waals surface area contributed by atoms with Crippen LogP contribution in [-0.4, -0.2) is 57.8 Å². The lowest BCUT2D eigenvalue weighted by molar-refractivity contribution is -0.122. The number of aromatic nitrogens is 2. The van der Waals surface area contributed by atoms with Gasteiger partial charge in [-0.2, -0.15) is 0 Å². The summed E-state index contributed by atoms with van der Waals surface area (Å²) in [6.45, 7) is 1.56. The van der Waals surface area contributed by atoms with Crippen molar-refractivity contribution in [2.75, 3.05) is 20.6 Å².